The van der Waals surface area contributed by atoms with Crippen molar-refractivity contribution in [2.75, 3.05) is 5.32 Å². The molecule has 0 bridgehead atoms. The van der Waals surface area contributed by atoms with Gasteiger partial charge in [-0.15, -0.1) is 0 Å². The van der Waals surface area contributed by atoms with Crippen LogP contribution in [0, 0.1) is 0 Å². The number of nitrogens with one attached hydrogen (secondary N) is 1. The minimum atomic E-state index is -0.308. The molecule has 0 aliphatic heterocycles. The minimum absolute atomic E-state index is 0.0566. The molecule has 0 spiro atoms. The zero-order valence-electron chi connectivity index (χ0n) is 8.42. The van der Waals surface area contributed by atoms with Gasteiger partial charge in [0.2, 0.25) is 5.28 Å². The lowest BCUT2D eigenvalue weighted by molar-refractivity contribution is -0.119. The van der Waals surface area contributed by atoms with Crippen LogP contribution < -0.4 is 5.32 Å². The van der Waals surface area contributed by atoms with E-state index in [2.05, 4.69) is 15.3 Å². The summed E-state index contributed by atoms with van der Waals surface area (Å²) < 4.78 is 0. The van der Waals surface area contributed by atoms with Crippen LogP contribution in [0.25, 0.3) is 0 Å². The fourth-order valence-electron chi connectivity index (χ4n) is 1.07. The Kier molecular flexibility index (Phi) is 4.29. The Morgan fingerprint density at radius 2 is 2.20 bits per heavy atom. The quantitative estimate of drug-likeness (QED) is 0.657. The molecule has 0 saturated carbocycles. The molecule has 1 heterocycles. The van der Waals surface area contributed by atoms with E-state index >= 15 is 0 Å². The fraction of sp³-hybridized carbons (Fsp3) is 0.444. The molecule has 1 aromatic heterocycles. The number of ketones is 1. The van der Waals surface area contributed by atoms with E-state index in [0.29, 0.717) is 12.2 Å². The van der Waals surface area contributed by atoms with Gasteiger partial charge in [0.05, 0.1) is 6.04 Å². The highest BCUT2D eigenvalue weighted by atomic mass is 35.5. The van der Waals surface area contributed by atoms with E-state index in [9.17, 15) is 4.79 Å². The summed E-state index contributed by atoms with van der Waals surface area (Å²) in [5, 5.41) is 3.21. The molecule has 0 aliphatic rings. The summed E-state index contributed by atoms with van der Waals surface area (Å²) in [5.74, 6) is 0.551. The normalized spacial score (nSPS) is 12.3. The largest absolute Gasteiger partial charge is 0.360 e. The van der Waals surface area contributed by atoms with Crippen molar-refractivity contribution >= 4 is 34.8 Å². The number of halogens is 2. The van der Waals surface area contributed by atoms with Crippen LogP contribution in [0.5, 0.6) is 0 Å². The van der Waals surface area contributed by atoms with Crippen molar-refractivity contribution in [1.29, 1.82) is 0 Å². The second-order valence-corrected chi connectivity index (χ2v) is 3.76. The molecular weight excluding hydrogens is 237 g/mol. The first-order chi connectivity index (χ1) is 7.02. The lowest BCUT2D eigenvalue weighted by Gasteiger charge is -2.12. The Labute approximate surface area is 98.0 Å². The van der Waals surface area contributed by atoms with Gasteiger partial charge in [0.25, 0.3) is 0 Å². The number of hydrogen-bond acceptors (Lipinski definition) is 4. The number of aromatic nitrogens is 2. The number of carbonyl (C=O) groups excluding carboxylic acids is 1. The molecule has 4 nitrogen and oxygen atoms in total. The SMILES string of the molecule is CCC(=O)C(C)Nc1cc(Cl)nc(Cl)n1. The van der Waals surface area contributed by atoms with Crippen molar-refractivity contribution in [1.82, 2.24) is 9.97 Å². The summed E-state index contributed by atoms with van der Waals surface area (Å²) in [6.45, 7) is 3.57. The Morgan fingerprint density at radius 3 is 2.73 bits per heavy atom. The number of anilines is 1. The minimum Gasteiger partial charge on any atom is -0.360 e. The van der Waals surface area contributed by atoms with Crippen LogP contribution in [0.2, 0.25) is 10.4 Å². The van der Waals surface area contributed by atoms with Crippen LogP contribution in [-0.4, -0.2) is 21.8 Å². The Morgan fingerprint density at radius 1 is 1.53 bits per heavy atom. The van der Waals surface area contributed by atoms with E-state index in [4.69, 9.17) is 23.2 Å². The number of rotatable bonds is 4. The van der Waals surface area contributed by atoms with Crippen molar-refractivity contribution < 1.29 is 4.79 Å². The third kappa shape index (κ3) is 3.64. The summed E-state index contributed by atoms with van der Waals surface area (Å²) in [6, 6.07) is 1.21. The van der Waals surface area contributed by atoms with Gasteiger partial charge in [0.1, 0.15) is 11.0 Å². The van der Waals surface area contributed by atoms with Crippen LogP contribution >= 0.6 is 23.2 Å². The molecule has 82 valence electrons. The first-order valence-electron chi connectivity index (χ1n) is 4.52. The zero-order chi connectivity index (χ0) is 11.4. The highest BCUT2D eigenvalue weighted by molar-refractivity contribution is 6.32. The van der Waals surface area contributed by atoms with E-state index in [1.54, 1.807) is 13.8 Å². The second-order valence-electron chi connectivity index (χ2n) is 3.03. The van der Waals surface area contributed by atoms with E-state index in [0.717, 1.165) is 0 Å². The van der Waals surface area contributed by atoms with Crippen molar-refractivity contribution in [2.45, 2.75) is 26.3 Å². The Balaban J connectivity index is 2.76. The maximum atomic E-state index is 11.3. The molecule has 6 heteroatoms. The summed E-state index contributed by atoms with van der Waals surface area (Å²) in [7, 11) is 0. The molecule has 0 aliphatic carbocycles. The molecular formula is C9H11Cl2N3O. The first kappa shape index (κ1) is 12.2. The van der Waals surface area contributed by atoms with Gasteiger partial charge in [0.15, 0.2) is 5.78 Å². The Bertz CT molecular complexity index is 350. The van der Waals surface area contributed by atoms with Crippen LogP contribution in [-0.2, 0) is 4.79 Å². The summed E-state index contributed by atoms with van der Waals surface area (Å²) in [6.07, 6.45) is 0.473. The van der Waals surface area contributed by atoms with Gasteiger partial charge >= 0.3 is 0 Å². The summed E-state index contributed by atoms with van der Waals surface area (Å²) in [5.41, 5.74) is 0. The fourth-order valence-corrected chi connectivity index (χ4v) is 1.48. The van der Waals surface area contributed by atoms with E-state index in [1.165, 1.54) is 6.07 Å². The smallest absolute Gasteiger partial charge is 0.225 e. The highest BCUT2D eigenvalue weighted by Gasteiger charge is 2.11. The molecule has 0 amide bonds. The third-order valence-electron chi connectivity index (χ3n) is 1.86. The zero-order valence-corrected chi connectivity index (χ0v) is 9.93. The maximum absolute atomic E-state index is 11.3. The van der Waals surface area contributed by atoms with Crippen molar-refractivity contribution in [3.05, 3.63) is 16.5 Å². The maximum Gasteiger partial charge on any atom is 0.225 e. The molecule has 1 unspecified atom stereocenters. The van der Waals surface area contributed by atoms with Gasteiger partial charge in [-0.1, -0.05) is 18.5 Å². The molecule has 0 fully saturated rings. The predicted octanol–water partition coefficient (Wildman–Crippen LogP) is 2.56. The van der Waals surface area contributed by atoms with Gasteiger partial charge in [-0.3, -0.25) is 4.79 Å². The van der Waals surface area contributed by atoms with E-state index in [-0.39, 0.29) is 22.3 Å². The number of hydrogen-bond donors (Lipinski definition) is 1. The third-order valence-corrected chi connectivity index (χ3v) is 2.23. The monoisotopic (exact) mass is 247 g/mol. The van der Waals surface area contributed by atoms with Crippen molar-refractivity contribution in [3.8, 4) is 0 Å². The summed E-state index contributed by atoms with van der Waals surface area (Å²) >= 11 is 11.3. The van der Waals surface area contributed by atoms with Gasteiger partial charge in [-0.2, -0.15) is 0 Å². The molecule has 1 atom stereocenters. The predicted molar refractivity (Wildman–Crippen MR) is 60.4 cm³/mol. The standard InChI is InChI=1S/C9H11Cl2N3O/c1-3-6(15)5(2)12-8-4-7(10)13-9(11)14-8/h4-5H,3H2,1-2H3,(H,12,13,14). The van der Waals surface area contributed by atoms with Gasteiger partial charge in [-0.05, 0) is 18.5 Å². The van der Waals surface area contributed by atoms with Crippen LogP contribution in [0.4, 0.5) is 5.82 Å². The van der Waals surface area contributed by atoms with E-state index < -0.39 is 0 Å². The van der Waals surface area contributed by atoms with Gasteiger partial charge in [-0.25, -0.2) is 9.97 Å². The second kappa shape index (κ2) is 5.28. The van der Waals surface area contributed by atoms with Crippen LogP contribution in [0.3, 0.4) is 0 Å². The van der Waals surface area contributed by atoms with Crippen LogP contribution in [0.15, 0.2) is 6.07 Å². The van der Waals surface area contributed by atoms with Crippen molar-refractivity contribution in [2.24, 2.45) is 0 Å². The highest BCUT2D eigenvalue weighted by Crippen LogP contribution is 2.15. The average Bonchev–Trinajstić information content (AvgIpc) is 2.14. The lowest BCUT2D eigenvalue weighted by atomic mass is 10.2. The van der Waals surface area contributed by atoms with Gasteiger partial charge < -0.3 is 5.32 Å². The van der Waals surface area contributed by atoms with Crippen LogP contribution in [0.1, 0.15) is 20.3 Å². The molecule has 0 radical (unpaired) electrons. The summed E-state index contributed by atoms with van der Waals surface area (Å²) in [4.78, 5) is 18.9. The number of carbonyl (C=O) groups is 1. The van der Waals surface area contributed by atoms with E-state index in [1.807, 2.05) is 0 Å². The van der Waals surface area contributed by atoms with Gasteiger partial charge in [0, 0.05) is 12.5 Å². The molecule has 1 aromatic rings. The Hall–Kier alpha value is -0.870. The topological polar surface area (TPSA) is 54.9 Å². The molecule has 0 aromatic carbocycles. The average molecular weight is 248 g/mol. The number of Topliss-reactive ketones (excluding diaryl/α,β-unsaturated/α-hetero) is 1. The van der Waals surface area contributed by atoms with Crippen molar-refractivity contribution in [3.63, 3.8) is 0 Å². The number of nitrogens with zero attached hydrogens (tertiary/aromatic N) is 2. The molecule has 1 N–H and O–H groups in total. The molecule has 15 heavy (non-hydrogen) atoms. The molecule has 1 rings (SSSR count). The lowest BCUT2D eigenvalue weighted by Crippen LogP contribution is -2.25. The molecule has 0 saturated heterocycles. The first-order valence-corrected chi connectivity index (χ1v) is 5.28.